The van der Waals surface area contributed by atoms with Gasteiger partial charge in [-0.2, -0.15) is 0 Å². The number of ether oxygens (including phenoxy) is 5. The highest BCUT2D eigenvalue weighted by Gasteiger charge is 2.52. The molecule has 1 saturated heterocycles. The van der Waals surface area contributed by atoms with Gasteiger partial charge in [0.05, 0.1) is 37.6 Å². The molecule has 3 aliphatic rings. The Labute approximate surface area is 177 Å². The average molecular weight is 446 g/mol. The second-order valence-electron chi connectivity index (χ2n) is 7.47. The van der Waals surface area contributed by atoms with Crippen LogP contribution in [-0.4, -0.2) is 101 Å². The maximum atomic E-state index is 12.2. The molecule has 0 aromatic rings. The third kappa shape index (κ3) is 4.60. The summed E-state index contributed by atoms with van der Waals surface area (Å²) in [4.78, 5) is 23.4. The Hall–Kier alpha value is -2.06. The van der Waals surface area contributed by atoms with Crippen LogP contribution in [0.15, 0.2) is 23.5 Å². The molecule has 9 atom stereocenters. The molecule has 0 saturated carbocycles. The smallest absolute Gasteiger partial charge is 0.337 e. The highest BCUT2D eigenvalue weighted by Crippen LogP contribution is 2.44. The van der Waals surface area contributed by atoms with Gasteiger partial charge in [-0.05, 0) is 5.57 Å². The largest absolute Gasteiger partial charge is 0.471 e. The molecular weight excluding hydrogens is 420 g/mol. The number of hydrogen-bond acceptors (Lipinski definition) is 12. The third-order valence-electron chi connectivity index (χ3n) is 5.53. The Morgan fingerprint density at radius 2 is 1.77 bits per heavy atom. The first kappa shape index (κ1) is 23.6. The fourth-order valence-electron chi connectivity index (χ4n) is 3.96. The van der Waals surface area contributed by atoms with Gasteiger partial charge in [0.15, 0.2) is 6.29 Å². The van der Waals surface area contributed by atoms with E-state index in [1.165, 1.54) is 20.1 Å². The minimum atomic E-state index is -1.68. The van der Waals surface area contributed by atoms with Gasteiger partial charge in [0.25, 0.3) is 0 Å². The van der Waals surface area contributed by atoms with Crippen molar-refractivity contribution in [3.05, 3.63) is 23.5 Å². The van der Waals surface area contributed by atoms with E-state index in [0.29, 0.717) is 5.57 Å². The molecule has 0 spiro atoms. The molecule has 0 bridgehead atoms. The standard InChI is InChI=1S/C19H26O12/c1-7(21)28-5-8-3-10(22)13-9(17(26)27-2)6-29-18(12(8)13)31-19-16(25)15(24)14(23)11(4-20)30-19/h3,6,10-16,18-20,22-25H,4-5H2,1-2H3/t10?,11?,12-,13+,14?,15?,16?,18?,19?/m0/s1. The van der Waals surface area contributed by atoms with Gasteiger partial charge in [-0.15, -0.1) is 0 Å². The lowest BCUT2D eigenvalue weighted by Gasteiger charge is -2.43. The molecule has 174 valence electrons. The van der Waals surface area contributed by atoms with Crippen LogP contribution in [0.25, 0.3) is 0 Å². The van der Waals surface area contributed by atoms with Crippen LogP contribution in [0.5, 0.6) is 0 Å². The van der Waals surface area contributed by atoms with Crippen molar-refractivity contribution in [2.75, 3.05) is 20.3 Å². The summed E-state index contributed by atoms with van der Waals surface area (Å²) < 4.78 is 26.3. The van der Waals surface area contributed by atoms with Gasteiger partial charge < -0.3 is 49.2 Å². The fourth-order valence-corrected chi connectivity index (χ4v) is 3.96. The van der Waals surface area contributed by atoms with Crippen LogP contribution in [0.4, 0.5) is 0 Å². The number of methoxy groups -OCH3 is 1. The van der Waals surface area contributed by atoms with E-state index >= 15 is 0 Å². The normalized spacial score (nSPS) is 39.6. The summed E-state index contributed by atoms with van der Waals surface area (Å²) in [6, 6.07) is 0. The second-order valence-corrected chi connectivity index (χ2v) is 7.47. The highest BCUT2D eigenvalue weighted by atomic mass is 16.8. The molecule has 12 heteroatoms. The molecule has 2 aliphatic heterocycles. The molecule has 3 rings (SSSR count). The molecule has 1 fully saturated rings. The third-order valence-corrected chi connectivity index (χ3v) is 5.53. The second kappa shape index (κ2) is 9.61. The minimum Gasteiger partial charge on any atom is -0.471 e. The first-order chi connectivity index (χ1) is 14.7. The Morgan fingerprint density at radius 3 is 2.39 bits per heavy atom. The molecule has 5 N–H and O–H groups in total. The summed E-state index contributed by atoms with van der Waals surface area (Å²) in [5.41, 5.74) is 0.430. The van der Waals surface area contributed by atoms with Gasteiger partial charge in [0.1, 0.15) is 31.0 Å². The SMILES string of the molecule is COC(=O)C1=COC(OC2OC(CO)C(O)C(O)C2O)[C@H]2C(COC(C)=O)=CC(O)[C@@H]12. The van der Waals surface area contributed by atoms with Gasteiger partial charge in [0, 0.05) is 12.8 Å². The number of fused-ring (bicyclic) bond motifs is 1. The zero-order chi connectivity index (χ0) is 22.9. The van der Waals surface area contributed by atoms with E-state index in [0.717, 1.165) is 6.26 Å². The topological polar surface area (TPSA) is 181 Å². The number of hydrogen-bond donors (Lipinski definition) is 5. The van der Waals surface area contributed by atoms with Crippen molar-refractivity contribution in [3.8, 4) is 0 Å². The Bertz CT molecular complexity index is 746. The quantitative estimate of drug-likeness (QED) is 0.211. The monoisotopic (exact) mass is 446 g/mol. The highest BCUT2D eigenvalue weighted by molar-refractivity contribution is 5.89. The van der Waals surface area contributed by atoms with Crippen molar-refractivity contribution in [1.82, 2.24) is 0 Å². The number of aliphatic hydroxyl groups is 5. The molecule has 0 aromatic heterocycles. The van der Waals surface area contributed by atoms with Crippen LogP contribution < -0.4 is 0 Å². The van der Waals surface area contributed by atoms with Crippen LogP contribution in [0.3, 0.4) is 0 Å². The Kier molecular flexibility index (Phi) is 7.31. The molecule has 12 nitrogen and oxygen atoms in total. The molecule has 1 aliphatic carbocycles. The first-order valence-corrected chi connectivity index (χ1v) is 9.61. The lowest BCUT2D eigenvalue weighted by Crippen LogP contribution is -2.60. The first-order valence-electron chi connectivity index (χ1n) is 9.61. The summed E-state index contributed by atoms with van der Waals surface area (Å²) in [5.74, 6) is -2.99. The summed E-state index contributed by atoms with van der Waals surface area (Å²) in [5, 5.41) is 50.0. The maximum absolute atomic E-state index is 12.2. The zero-order valence-corrected chi connectivity index (χ0v) is 16.9. The van der Waals surface area contributed by atoms with Gasteiger partial charge in [-0.25, -0.2) is 4.79 Å². The van der Waals surface area contributed by atoms with E-state index in [4.69, 9.17) is 23.7 Å². The summed E-state index contributed by atoms with van der Waals surface area (Å²) >= 11 is 0. The van der Waals surface area contributed by atoms with Crippen LogP contribution in [0.1, 0.15) is 6.92 Å². The van der Waals surface area contributed by atoms with Crippen molar-refractivity contribution < 1.29 is 58.8 Å². The van der Waals surface area contributed by atoms with E-state index in [1.54, 1.807) is 0 Å². The number of esters is 2. The maximum Gasteiger partial charge on any atom is 0.337 e. The van der Waals surface area contributed by atoms with Crippen molar-refractivity contribution in [2.45, 2.75) is 50.0 Å². The molecule has 0 radical (unpaired) electrons. The fraction of sp³-hybridized carbons (Fsp3) is 0.684. The van der Waals surface area contributed by atoms with Gasteiger partial charge in [0.2, 0.25) is 6.29 Å². The number of carbonyl (C=O) groups is 2. The average Bonchev–Trinajstić information content (AvgIpc) is 3.09. The van der Waals surface area contributed by atoms with Crippen molar-refractivity contribution in [1.29, 1.82) is 0 Å². The van der Waals surface area contributed by atoms with E-state index in [-0.39, 0.29) is 12.2 Å². The minimum absolute atomic E-state index is 0.0303. The van der Waals surface area contributed by atoms with Gasteiger partial charge >= 0.3 is 11.9 Å². The zero-order valence-electron chi connectivity index (χ0n) is 16.9. The summed E-state index contributed by atoms with van der Waals surface area (Å²) in [6.45, 7) is 0.355. The molecule has 31 heavy (non-hydrogen) atoms. The van der Waals surface area contributed by atoms with E-state index < -0.39 is 73.5 Å². The van der Waals surface area contributed by atoms with Crippen LogP contribution >= 0.6 is 0 Å². The molecule has 7 unspecified atom stereocenters. The lowest BCUT2D eigenvalue weighted by molar-refractivity contribution is -0.340. The summed E-state index contributed by atoms with van der Waals surface area (Å²) in [7, 11) is 1.17. The van der Waals surface area contributed by atoms with E-state index in [2.05, 4.69) is 0 Å². The Morgan fingerprint density at radius 1 is 1.06 bits per heavy atom. The number of carbonyl (C=O) groups excluding carboxylic acids is 2. The van der Waals surface area contributed by atoms with Crippen LogP contribution in [-0.2, 0) is 33.3 Å². The van der Waals surface area contributed by atoms with Crippen molar-refractivity contribution in [3.63, 3.8) is 0 Å². The van der Waals surface area contributed by atoms with Crippen LogP contribution in [0.2, 0.25) is 0 Å². The molecule has 2 heterocycles. The molecular formula is C19H26O12. The molecule has 0 amide bonds. The van der Waals surface area contributed by atoms with Gasteiger partial charge in [-0.1, -0.05) is 6.08 Å². The molecule has 0 aromatic carbocycles. The number of rotatable bonds is 6. The number of aliphatic hydroxyl groups excluding tert-OH is 5. The van der Waals surface area contributed by atoms with E-state index in [1.807, 2.05) is 0 Å². The van der Waals surface area contributed by atoms with Crippen LogP contribution in [0, 0.1) is 11.8 Å². The van der Waals surface area contributed by atoms with Crippen molar-refractivity contribution >= 4 is 11.9 Å². The predicted octanol–water partition coefficient (Wildman–Crippen LogP) is -2.69. The van der Waals surface area contributed by atoms with E-state index in [9.17, 15) is 35.1 Å². The lowest BCUT2D eigenvalue weighted by atomic mass is 9.82. The Balaban J connectivity index is 1.86. The summed E-state index contributed by atoms with van der Waals surface area (Å²) in [6.07, 6.45) is -7.54. The van der Waals surface area contributed by atoms with Gasteiger partial charge in [-0.3, -0.25) is 4.79 Å². The predicted molar refractivity (Wildman–Crippen MR) is 97.5 cm³/mol. The van der Waals surface area contributed by atoms with Crippen molar-refractivity contribution in [2.24, 2.45) is 11.8 Å².